The maximum absolute atomic E-state index is 12.7. The molecule has 2 N–H and O–H groups in total. The van der Waals surface area contributed by atoms with Gasteiger partial charge in [-0.1, -0.05) is 45.9 Å². The predicted octanol–water partition coefficient (Wildman–Crippen LogP) is 4.08. The summed E-state index contributed by atoms with van der Waals surface area (Å²) in [6.07, 6.45) is 2.65. The van der Waals surface area contributed by atoms with Crippen LogP contribution in [0.15, 0.2) is 24.3 Å². The van der Waals surface area contributed by atoms with Gasteiger partial charge in [-0.05, 0) is 56.6 Å². The SMILES string of the molecule is Cc1ccccc1C(=O)NC(CC(C)C)C(=O)NC(C)CCC(C)C. The van der Waals surface area contributed by atoms with E-state index in [4.69, 9.17) is 0 Å². The van der Waals surface area contributed by atoms with E-state index in [0.29, 0.717) is 23.8 Å². The van der Waals surface area contributed by atoms with Crippen molar-refractivity contribution < 1.29 is 9.59 Å². The third-order valence-electron chi connectivity index (χ3n) is 4.28. The zero-order valence-corrected chi connectivity index (χ0v) is 16.6. The van der Waals surface area contributed by atoms with E-state index in [1.165, 1.54) is 0 Å². The van der Waals surface area contributed by atoms with Gasteiger partial charge in [0.2, 0.25) is 5.91 Å². The number of hydrogen-bond acceptors (Lipinski definition) is 2. The molecule has 1 aromatic rings. The third-order valence-corrected chi connectivity index (χ3v) is 4.28. The molecular weight excluding hydrogens is 312 g/mol. The van der Waals surface area contributed by atoms with E-state index in [-0.39, 0.29) is 17.9 Å². The Morgan fingerprint density at radius 2 is 1.56 bits per heavy atom. The van der Waals surface area contributed by atoms with Crippen molar-refractivity contribution >= 4 is 11.8 Å². The summed E-state index contributed by atoms with van der Waals surface area (Å²) in [6, 6.07) is 7.04. The zero-order valence-electron chi connectivity index (χ0n) is 16.6. The van der Waals surface area contributed by atoms with Crippen molar-refractivity contribution in [2.75, 3.05) is 0 Å². The molecule has 0 saturated heterocycles. The smallest absolute Gasteiger partial charge is 0.252 e. The highest BCUT2D eigenvalue weighted by Gasteiger charge is 2.24. The quantitative estimate of drug-likeness (QED) is 0.708. The van der Waals surface area contributed by atoms with Gasteiger partial charge in [0.05, 0.1) is 0 Å². The van der Waals surface area contributed by atoms with E-state index in [1.54, 1.807) is 6.07 Å². The minimum absolute atomic E-state index is 0.0908. The highest BCUT2D eigenvalue weighted by atomic mass is 16.2. The summed E-state index contributed by atoms with van der Waals surface area (Å²) in [7, 11) is 0. The Morgan fingerprint density at radius 3 is 2.12 bits per heavy atom. The normalized spacial score (nSPS) is 13.6. The highest BCUT2D eigenvalue weighted by Crippen LogP contribution is 2.11. The van der Waals surface area contributed by atoms with Crippen LogP contribution < -0.4 is 10.6 Å². The number of hydrogen-bond donors (Lipinski definition) is 2. The summed E-state index contributed by atoms with van der Waals surface area (Å²) in [5.74, 6) is 0.658. The van der Waals surface area contributed by atoms with Crippen LogP contribution >= 0.6 is 0 Å². The molecule has 0 fully saturated rings. The largest absolute Gasteiger partial charge is 0.352 e. The van der Waals surface area contributed by atoms with Crippen molar-refractivity contribution in [3.05, 3.63) is 35.4 Å². The Bertz CT molecular complexity index is 567. The second-order valence-electron chi connectivity index (χ2n) is 7.85. The van der Waals surface area contributed by atoms with Crippen LogP contribution in [0.2, 0.25) is 0 Å². The monoisotopic (exact) mass is 346 g/mol. The highest BCUT2D eigenvalue weighted by molar-refractivity contribution is 5.98. The number of rotatable bonds is 9. The molecule has 4 heteroatoms. The first-order valence-corrected chi connectivity index (χ1v) is 9.37. The van der Waals surface area contributed by atoms with E-state index in [1.807, 2.05) is 32.0 Å². The first-order valence-electron chi connectivity index (χ1n) is 9.37. The summed E-state index contributed by atoms with van der Waals surface area (Å²) >= 11 is 0. The number of amides is 2. The molecule has 0 saturated carbocycles. The molecule has 0 aliphatic heterocycles. The van der Waals surface area contributed by atoms with Crippen LogP contribution in [-0.2, 0) is 4.79 Å². The standard InChI is InChI=1S/C21H34N2O2/c1-14(2)11-12-17(6)22-21(25)19(13-15(3)4)23-20(24)18-10-8-7-9-16(18)5/h7-10,14-15,17,19H,11-13H2,1-6H3,(H,22,25)(H,23,24). The fraction of sp³-hybridized carbons (Fsp3) is 0.619. The number of carbonyl (C=O) groups is 2. The molecule has 0 bridgehead atoms. The van der Waals surface area contributed by atoms with Gasteiger partial charge in [0.1, 0.15) is 6.04 Å². The summed E-state index contributed by atoms with van der Waals surface area (Å²) in [6.45, 7) is 12.4. The molecule has 1 aromatic carbocycles. The van der Waals surface area contributed by atoms with Gasteiger partial charge in [-0.15, -0.1) is 0 Å². The summed E-state index contributed by atoms with van der Waals surface area (Å²) < 4.78 is 0. The first kappa shape index (κ1) is 21.2. The molecular formula is C21H34N2O2. The Labute approximate surface area is 152 Å². The molecule has 0 radical (unpaired) electrons. The lowest BCUT2D eigenvalue weighted by atomic mass is 10.0. The van der Waals surface area contributed by atoms with Crippen LogP contribution in [0.5, 0.6) is 0 Å². The number of benzene rings is 1. The molecule has 0 spiro atoms. The number of aryl methyl sites for hydroxylation is 1. The summed E-state index contributed by atoms with van der Waals surface area (Å²) in [4.78, 5) is 25.2. The number of nitrogens with one attached hydrogen (secondary N) is 2. The number of carbonyl (C=O) groups excluding carboxylic acids is 2. The van der Waals surface area contributed by atoms with E-state index >= 15 is 0 Å². The fourth-order valence-electron chi connectivity index (χ4n) is 2.77. The summed E-state index contributed by atoms with van der Waals surface area (Å²) in [5, 5.41) is 5.98. The van der Waals surface area contributed by atoms with Crippen LogP contribution in [-0.4, -0.2) is 23.9 Å². The Kier molecular flexibility index (Phi) is 8.67. The van der Waals surface area contributed by atoms with Gasteiger partial charge in [0.15, 0.2) is 0 Å². The van der Waals surface area contributed by atoms with Gasteiger partial charge >= 0.3 is 0 Å². The molecule has 0 aliphatic rings. The minimum Gasteiger partial charge on any atom is -0.352 e. The van der Waals surface area contributed by atoms with Crippen molar-refractivity contribution in [2.45, 2.75) is 72.9 Å². The predicted molar refractivity (Wildman–Crippen MR) is 104 cm³/mol. The maximum Gasteiger partial charge on any atom is 0.252 e. The Morgan fingerprint density at radius 1 is 0.920 bits per heavy atom. The molecule has 0 aliphatic carbocycles. The van der Waals surface area contributed by atoms with Crippen molar-refractivity contribution in [3.8, 4) is 0 Å². The van der Waals surface area contributed by atoms with Crippen LogP contribution in [0.4, 0.5) is 0 Å². The average molecular weight is 347 g/mol. The molecule has 1 rings (SSSR count). The lowest BCUT2D eigenvalue weighted by Gasteiger charge is -2.23. The molecule has 0 heterocycles. The lowest BCUT2D eigenvalue weighted by molar-refractivity contribution is -0.124. The van der Waals surface area contributed by atoms with Crippen LogP contribution in [0.25, 0.3) is 0 Å². The summed E-state index contributed by atoms with van der Waals surface area (Å²) in [5.41, 5.74) is 1.53. The minimum atomic E-state index is -0.506. The van der Waals surface area contributed by atoms with Crippen LogP contribution in [0, 0.1) is 18.8 Å². The van der Waals surface area contributed by atoms with Crippen molar-refractivity contribution in [3.63, 3.8) is 0 Å². The fourth-order valence-corrected chi connectivity index (χ4v) is 2.77. The van der Waals surface area contributed by atoms with Gasteiger partial charge in [-0.25, -0.2) is 0 Å². The van der Waals surface area contributed by atoms with E-state index in [2.05, 4.69) is 38.3 Å². The van der Waals surface area contributed by atoms with Gasteiger partial charge < -0.3 is 10.6 Å². The van der Waals surface area contributed by atoms with Gasteiger partial charge in [-0.3, -0.25) is 9.59 Å². The topological polar surface area (TPSA) is 58.2 Å². The molecule has 2 atom stereocenters. The first-order chi connectivity index (χ1) is 11.7. The van der Waals surface area contributed by atoms with Gasteiger partial charge in [0, 0.05) is 11.6 Å². The second kappa shape index (κ2) is 10.2. The van der Waals surface area contributed by atoms with E-state index < -0.39 is 6.04 Å². The molecule has 25 heavy (non-hydrogen) atoms. The molecule has 4 nitrogen and oxygen atoms in total. The van der Waals surface area contributed by atoms with Gasteiger partial charge in [-0.2, -0.15) is 0 Å². The van der Waals surface area contributed by atoms with Crippen molar-refractivity contribution in [1.29, 1.82) is 0 Å². The Hall–Kier alpha value is -1.84. The molecule has 2 amide bonds. The van der Waals surface area contributed by atoms with Crippen LogP contribution in [0.1, 0.15) is 69.8 Å². The second-order valence-corrected chi connectivity index (χ2v) is 7.85. The molecule has 2 unspecified atom stereocenters. The lowest BCUT2D eigenvalue weighted by Crippen LogP contribution is -2.49. The van der Waals surface area contributed by atoms with E-state index in [9.17, 15) is 9.59 Å². The molecule has 140 valence electrons. The van der Waals surface area contributed by atoms with Gasteiger partial charge in [0.25, 0.3) is 5.91 Å². The zero-order chi connectivity index (χ0) is 19.0. The van der Waals surface area contributed by atoms with Crippen molar-refractivity contribution in [1.82, 2.24) is 10.6 Å². The maximum atomic E-state index is 12.7. The Balaban J connectivity index is 2.74. The van der Waals surface area contributed by atoms with Crippen LogP contribution in [0.3, 0.4) is 0 Å². The van der Waals surface area contributed by atoms with E-state index in [0.717, 1.165) is 18.4 Å². The average Bonchev–Trinajstić information content (AvgIpc) is 2.52. The third kappa shape index (κ3) is 7.72. The van der Waals surface area contributed by atoms with Crippen molar-refractivity contribution in [2.24, 2.45) is 11.8 Å². The molecule has 0 aromatic heterocycles.